The van der Waals surface area contributed by atoms with Crippen molar-refractivity contribution in [2.75, 3.05) is 24.5 Å². The van der Waals surface area contributed by atoms with E-state index in [1.165, 1.54) is 12.3 Å². The number of benzene rings is 1. The van der Waals surface area contributed by atoms with E-state index >= 15 is 0 Å². The number of halogens is 2. The normalized spacial score (nSPS) is 21.7. The molecule has 0 spiro atoms. The van der Waals surface area contributed by atoms with Gasteiger partial charge in [-0.15, -0.1) is 12.4 Å². The van der Waals surface area contributed by atoms with Crippen molar-refractivity contribution in [1.29, 1.82) is 0 Å². The van der Waals surface area contributed by atoms with Crippen LogP contribution in [0.2, 0.25) is 0 Å². The van der Waals surface area contributed by atoms with Crippen LogP contribution in [0.5, 0.6) is 0 Å². The Morgan fingerprint density at radius 1 is 1.38 bits per heavy atom. The van der Waals surface area contributed by atoms with Crippen LogP contribution in [0, 0.1) is 5.82 Å². The maximum atomic E-state index is 15.0. The number of anilines is 1. The molecule has 1 unspecified atom stereocenters. The average molecular weight is 382 g/mol. The van der Waals surface area contributed by atoms with Crippen LogP contribution in [-0.4, -0.2) is 41.3 Å². The molecular formula is C18H21ClFN3O3. The van der Waals surface area contributed by atoms with Gasteiger partial charge in [0, 0.05) is 48.9 Å². The number of hydrogen-bond donors (Lipinski definition) is 2. The molecule has 4 rings (SSSR count). The third kappa shape index (κ3) is 2.66. The summed E-state index contributed by atoms with van der Waals surface area (Å²) in [5, 5.41) is 12.8. The predicted molar refractivity (Wildman–Crippen MR) is 100 cm³/mol. The topological polar surface area (TPSA) is 74.6 Å². The molecule has 3 heterocycles. The van der Waals surface area contributed by atoms with Crippen molar-refractivity contribution < 1.29 is 14.3 Å². The van der Waals surface area contributed by atoms with Gasteiger partial charge < -0.3 is 19.9 Å². The molecule has 140 valence electrons. The molecule has 8 heteroatoms. The van der Waals surface area contributed by atoms with Crippen LogP contribution in [0.3, 0.4) is 0 Å². The third-order valence-corrected chi connectivity index (χ3v) is 5.23. The summed E-state index contributed by atoms with van der Waals surface area (Å²) in [6.45, 7) is 6.19. The predicted octanol–water partition coefficient (Wildman–Crippen LogP) is 2.18. The number of nitrogens with zero attached hydrogens (tertiary/aromatic N) is 2. The number of hydrogen-bond acceptors (Lipinski definition) is 4. The van der Waals surface area contributed by atoms with E-state index in [0.717, 1.165) is 12.1 Å². The molecule has 2 aliphatic heterocycles. The molecular weight excluding hydrogens is 361 g/mol. The van der Waals surface area contributed by atoms with Gasteiger partial charge in [-0.25, -0.2) is 9.18 Å². The Morgan fingerprint density at radius 3 is 2.77 bits per heavy atom. The summed E-state index contributed by atoms with van der Waals surface area (Å²) in [4.78, 5) is 25.9. The highest BCUT2D eigenvalue weighted by Gasteiger charge is 2.31. The lowest BCUT2D eigenvalue weighted by molar-refractivity contribution is 0.0694. The summed E-state index contributed by atoms with van der Waals surface area (Å²) in [6, 6.07) is 1.45. The van der Waals surface area contributed by atoms with E-state index in [1.54, 1.807) is 0 Å². The zero-order valence-corrected chi connectivity index (χ0v) is 15.4. The Balaban J connectivity index is 0.00000196. The van der Waals surface area contributed by atoms with Gasteiger partial charge in [0.05, 0.1) is 11.2 Å². The molecule has 0 bridgehead atoms. The fourth-order valence-electron chi connectivity index (χ4n) is 4.12. The Morgan fingerprint density at radius 2 is 2.12 bits per heavy atom. The number of pyridine rings is 1. The molecule has 0 saturated carbocycles. The molecule has 1 aromatic carbocycles. The summed E-state index contributed by atoms with van der Waals surface area (Å²) in [5.74, 6) is -1.73. The zero-order chi connectivity index (χ0) is 17.9. The summed E-state index contributed by atoms with van der Waals surface area (Å²) in [6.07, 6.45) is 1.99. The Kier molecular flexibility index (Phi) is 4.71. The summed E-state index contributed by atoms with van der Waals surface area (Å²) < 4.78 is 16.8. The van der Waals surface area contributed by atoms with Gasteiger partial charge in [0.1, 0.15) is 11.4 Å². The summed E-state index contributed by atoms with van der Waals surface area (Å²) >= 11 is 0. The zero-order valence-electron chi connectivity index (χ0n) is 14.6. The summed E-state index contributed by atoms with van der Waals surface area (Å²) in [5.41, 5.74) is 1.11. The van der Waals surface area contributed by atoms with Crippen LogP contribution in [0.15, 0.2) is 17.1 Å². The number of carbonyl (C=O) groups is 1. The van der Waals surface area contributed by atoms with Crippen molar-refractivity contribution >= 4 is 35.0 Å². The maximum Gasteiger partial charge on any atom is 0.341 e. The van der Waals surface area contributed by atoms with Gasteiger partial charge in [-0.3, -0.25) is 4.79 Å². The lowest BCUT2D eigenvalue weighted by Crippen LogP contribution is -2.49. The standard InChI is InChI=1S/C18H20FN3O3.ClH/c1-9-7-21(4-3-20-9)16-11-5-10(2)22-8-13(18(24)25)17(23)12(15(11)22)6-14(16)19;/h6,8-10,20H,3-5,7H2,1-2H3,(H,24,25);1H/t9?,10-;/m1./s1. The Labute approximate surface area is 156 Å². The van der Waals surface area contributed by atoms with Crippen LogP contribution in [0.4, 0.5) is 10.1 Å². The number of carboxylic acid groups (broad SMARTS) is 1. The molecule has 2 aliphatic rings. The number of aromatic carboxylic acids is 1. The lowest BCUT2D eigenvalue weighted by Gasteiger charge is -2.35. The monoisotopic (exact) mass is 381 g/mol. The number of piperazine rings is 1. The second-order valence-electron chi connectivity index (χ2n) is 7.02. The molecule has 6 nitrogen and oxygen atoms in total. The van der Waals surface area contributed by atoms with Gasteiger partial charge in [-0.1, -0.05) is 0 Å². The highest BCUT2D eigenvalue weighted by atomic mass is 35.5. The molecule has 0 radical (unpaired) electrons. The Hall–Kier alpha value is -2.12. The van der Waals surface area contributed by atoms with Crippen LogP contribution < -0.4 is 15.6 Å². The molecule has 26 heavy (non-hydrogen) atoms. The van der Waals surface area contributed by atoms with Gasteiger partial charge in [-0.05, 0) is 26.3 Å². The van der Waals surface area contributed by atoms with Gasteiger partial charge >= 0.3 is 5.97 Å². The van der Waals surface area contributed by atoms with E-state index in [9.17, 15) is 19.1 Å². The highest BCUT2D eigenvalue weighted by Crippen LogP contribution is 2.39. The SMILES string of the molecule is CC1CN(c2c(F)cc3c(=O)c(C(=O)O)cn4c3c2C[C@H]4C)CCN1.Cl. The van der Waals surface area contributed by atoms with Gasteiger partial charge in [0.25, 0.3) is 0 Å². The molecule has 2 aromatic rings. The van der Waals surface area contributed by atoms with Gasteiger partial charge in [0.2, 0.25) is 5.43 Å². The van der Waals surface area contributed by atoms with E-state index in [4.69, 9.17) is 0 Å². The first kappa shape index (κ1) is 18.7. The Bertz CT molecular complexity index is 959. The van der Waals surface area contributed by atoms with Gasteiger partial charge in [-0.2, -0.15) is 0 Å². The molecule has 1 fully saturated rings. The van der Waals surface area contributed by atoms with Crippen molar-refractivity contribution in [2.24, 2.45) is 0 Å². The van der Waals surface area contributed by atoms with Gasteiger partial charge in [0.15, 0.2) is 0 Å². The first-order chi connectivity index (χ1) is 11.9. The fourth-order valence-corrected chi connectivity index (χ4v) is 4.12. The second-order valence-corrected chi connectivity index (χ2v) is 7.02. The minimum absolute atomic E-state index is 0. The minimum Gasteiger partial charge on any atom is -0.477 e. The van der Waals surface area contributed by atoms with Crippen molar-refractivity contribution in [1.82, 2.24) is 9.88 Å². The van der Waals surface area contributed by atoms with Crippen molar-refractivity contribution in [2.45, 2.75) is 32.4 Å². The third-order valence-electron chi connectivity index (χ3n) is 5.23. The first-order valence-corrected chi connectivity index (χ1v) is 8.50. The summed E-state index contributed by atoms with van der Waals surface area (Å²) in [7, 11) is 0. The van der Waals surface area contributed by atoms with Crippen LogP contribution in [0.25, 0.3) is 10.9 Å². The first-order valence-electron chi connectivity index (χ1n) is 8.50. The van der Waals surface area contributed by atoms with Crippen molar-refractivity contribution in [3.63, 3.8) is 0 Å². The molecule has 0 aliphatic carbocycles. The van der Waals surface area contributed by atoms with E-state index < -0.39 is 17.2 Å². The van der Waals surface area contributed by atoms with Crippen LogP contribution in [0.1, 0.15) is 35.8 Å². The average Bonchev–Trinajstić information content (AvgIpc) is 2.87. The quantitative estimate of drug-likeness (QED) is 0.834. The number of aromatic nitrogens is 1. The number of rotatable bonds is 2. The maximum absolute atomic E-state index is 15.0. The fraction of sp³-hybridized carbons (Fsp3) is 0.444. The second kappa shape index (κ2) is 6.55. The highest BCUT2D eigenvalue weighted by molar-refractivity contribution is 5.96. The largest absolute Gasteiger partial charge is 0.477 e. The molecule has 1 aromatic heterocycles. The van der Waals surface area contributed by atoms with E-state index in [2.05, 4.69) is 12.2 Å². The molecule has 2 N–H and O–H groups in total. The lowest BCUT2D eigenvalue weighted by atomic mass is 10.0. The molecule has 0 amide bonds. The smallest absolute Gasteiger partial charge is 0.341 e. The van der Waals surface area contributed by atoms with E-state index in [1.807, 2.05) is 16.4 Å². The number of nitrogens with one attached hydrogen (secondary N) is 1. The number of carboxylic acids is 1. The molecule has 2 atom stereocenters. The minimum atomic E-state index is -1.28. The van der Waals surface area contributed by atoms with Crippen LogP contribution >= 0.6 is 12.4 Å². The van der Waals surface area contributed by atoms with E-state index in [0.29, 0.717) is 30.7 Å². The van der Waals surface area contributed by atoms with E-state index in [-0.39, 0.29) is 35.4 Å². The molecule has 1 saturated heterocycles. The van der Waals surface area contributed by atoms with Crippen molar-refractivity contribution in [3.8, 4) is 0 Å². The van der Waals surface area contributed by atoms with Crippen LogP contribution in [-0.2, 0) is 6.42 Å². The van der Waals surface area contributed by atoms with Crippen molar-refractivity contribution in [3.05, 3.63) is 39.4 Å².